The van der Waals surface area contributed by atoms with E-state index < -0.39 is 0 Å². The van der Waals surface area contributed by atoms with Crippen molar-refractivity contribution < 1.29 is 4.79 Å². The summed E-state index contributed by atoms with van der Waals surface area (Å²) >= 11 is 0. The average Bonchev–Trinajstić information content (AvgIpc) is 2.70. The molecule has 1 saturated heterocycles. The fraction of sp³-hybridized carbons (Fsp3) is 0.348. The van der Waals surface area contributed by atoms with Crippen LogP contribution in [0, 0.1) is 0 Å². The SMILES string of the molecule is CCC(C(=O)N1CCN(Cc2ccccc2)CC1)=C(C)c1ccccc1. The molecular formula is C23H28N2O. The van der Waals surface area contributed by atoms with Gasteiger partial charge in [0.05, 0.1) is 0 Å². The molecule has 0 aliphatic carbocycles. The van der Waals surface area contributed by atoms with Gasteiger partial charge in [-0.2, -0.15) is 0 Å². The van der Waals surface area contributed by atoms with E-state index in [1.54, 1.807) is 0 Å². The van der Waals surface area contributed by atoms with Crippen LogP contribution in [0.1, 0.15) is 31.4 Å². The van der Waals surface area contributed by atoms with Crippen LogP contribution >= 0.6 is 0 Å². The second-order valence-electron chi connectivity index (χ2n) is 6.88. The van der Waals surface area contributed by atoms with Gasteiger partial charge in [-0.05, 0) is 30.0 Å². The van der Waals surface area contributed by atoms with Crippen LogP contribution in [0.5, 0.6) is 0 Å². The number of rotatable bonds is 5. The predicted molar refractivity (Wildman–Crippen MR) is 108 cm³/mol. The Bertz CT molecular complexity index is 744. The number of carbonyl (C=O) groups excluding carboxylic acids is 1. The Labute approximate surface area is 156 Å². The fourth-order valence-electron chi connectivity index (χ4n) is 3.58. The van der Waals surface area contributed by atoms with Gasteiger partial charge in [0.2, 0.25) is 5.91 Å². The zero-order valence-corrected chi connectivity index (χ0v) is 15.8. The summed E-state index contributed by atoms with van der Waals surface area (Å²) in [5.41, 5.74) is 4.51. The van der Waals surface area contributed by atoms with Crippen molar-refractivity contribution >= 4 is 11.5 Å². The van der Waals surface area contributed by atoms with E-state index in [1.807, 2.05) is 29.2 Å². The van der Waals surface area contributed by atoms with Crippen molar-refractivity contribution in [3.63, 3.8) is 0 Å². The van der Waals surface area contributed by atoms with Gasteiger partial charge >= 0.3 is 0 Å². The summed E-state index contributed by atoms with van der Waals surface area (Å²) in [4.78, 5) is 17.5. The molecule has 0 aromatic heterocycles. The second kappa shape index (κ2) is 8.81. The van der Waals surface area contributed by atoms with E-state index in [-0.39, 0.29) is 5.91 Å². The number of amides is 1. The average molecular weight is 348 g/mol. The molecule has 1 aliphatic rings. The van der Waals surface area contributed by atoms with Gasteiger partial charge in [0.1, 0.15) is 0 Å². The molecule has 0 saturated carbocycles. The van der Waals surface area contributed by atoms with Crippen molar-refractivity contribution in [1.82, 2.24) is 9.80 Å². The van der Waals surface area contributed by atoms with Gasteiger partial charge in [0.25, 0.3) is 0 Å². The third-order valence-corrected chi connectivity index (χ3v) is 5.18. The highest BCUT2D eigenvalue weighted by atomic mass is 16.2. The van der Waals surface area contributed by atoms with Crippen molar-refractivity contribution in [2.24, 2.45) is 0 Å². The molecule has 3 nitrogen and oxygen atoms in total. The predicted octanol–water partition coefficient (Wildman–Crippen LogP) is 4.21. The molecule has 3 rings (SSSR count). The minimum Gasteiger partial charge on any atom is -0.336 e. The highest BCUT2D eigenvalue weighted by molar-refractivity contribution is 6.00. The summed E-state index contributed by atoms with van der Waals surface area (Å²) in [7, 11) is 0. The van der Waals surface area contributed by atoms with Crippen LogP contribution in [0.3, 0.4) is 0 Å². The van der Waals surface area contributed by atoms with Crippen LogP contribution in [-0.4, -0.2) is 41.9 Å². The molecule has 26 heavy (non-hydrogen) atoms. The van der Waals surface area contributed by atoms with E-state index in [9.17, 15) is 4.79 Å². The Hall–Kier alpha value is -2.39. The lowest BCUT2D eigenvalue weighted by Crippen LogP contribution is -2.48. The lowest BCUT2D eigenvalue weighted by atomic mass is 9.98. The van der Waals surface area contributed by atoms with E-state index >= 15 is 0 Å². The molecule has 0 N–H and O–H groups in total. The van der Waals surface area contributed by atoms with Crippen molar-refractivity contribution in [3.8, 4) is 0 Å². The van der Waals surface area contributed by atoms with Crippen molar-refractivity contribution in [2.45, 2.75) is 26.8 Å². The van der Waals surface area contributed by atoms with Crippen LogP contribution in [0.4, 0.5) is 0 Å². The summed E-state index contributed by atoms with van der Waals surface area (Å²) in [6.07, 6.45) is 0.768. The Morgan fingerprint density at radius 1 is 0.885 bits per heavy atom. The molecule has 0 radical (unpaired) electrons. The van der Waals surface area contributed by atoms with Crippen LogP contribution < -0.4 is 0 Å². The van der Waals surface area contributed by atoms with Gasteiger partial charge in [0.15, 0.2) is 0 Å². The zero-order chi connectivity index (χ0) is 18.4. The summed E-state index contributed by atoms with van der Waals surface area (Å²) < 4.78 is 0. The van der Waals surface area contributed by atoms with Crippen molar-refractivity contribution in [2.75, 3.05) is 26.2 Å². The largest absolute Gasteiger partial charge is 0.336 e. The van der Waals surface area contributed by atoms with Gasteiger partial charge in [0, 0.05) is 38.3 Å². The second-order valence-corrected chi connectivity index (χ2v) is 6.88. The molecule has 3 heteroatoms. The van der Waals surface area contributed by atoms with Gasteiger partial charge in [-0.3, -0.25) is 9.69 Å². The molecule has 1 amide bonds. The summed E-state index contributed by atoms with van der Waals surface area (Å²) in [5, 5.41) is 0. The molecule has 0 atom stereocenters. The Kier molecular flexibility index (Phi) is 6.24. The zero-order valence-electron chi connectivity index (χ0n) is 15.8. The summed E-state index contributed by atoms with van der Waals surface area (Å²) in [6, 6.07) is 20.8. The summed E-state index contributed by atoms with van der Waals surface area (Å²) in [5.74, 6) is 0.202. The number of carbonyl (C=O) groups is 1. The number of nitrogens with zero attached hydrogens (tertiary/aromatic N) is 2. The fourth-order valence-corrected chi connectivity index (χ4v) is 3.58. The monoisotopic (exact) mass is 348 g/mol. The van der Waals surface area contributed by atoms with Crippen LogP contribution in [0.2, 0.25) is 0 Å². The molecule has 136 valence electrons. The van der Waals surface area contributed by atoms with E-state index in [4.69, 9.17) is 0 Å². The van der Waals surface area contributed by atoms with Crippen LogP contribution in [0.15, 0.2) is 66.2 Å². The number of piperazine rings is 1. The molecule has 0 bridgehead atoms. The van der Waals surface area contributed by atoms with Gasteiger partial charge in [-0.15, -0.1) is 0 Å². The van der Waals surface area contributed by atoms with Gasteiger partial charge in [-0.1, -0.05) is 67.6 Å². The smallest absolute Gasteiger partial charge is 0.250 e. The van der Waals surface area contributed by atoms with Crippen molar-refractivity contribution in [3.05, 3.63) is 77.4 Å². The first kappa shape index (κ1) is 18.4. The summed E-state index contributed by atoms with van der Waals surface area (Å²) in [6.45, 7) is 8.57. The molecular weight excluding hydrogens is 320 g/mol. The first-order valence-electron chi connectivity index (χ1n) is 9.49. The van der Waals surface area contributed by atoms with E-state index in [0.29, 0.717) is 0 Å². The Balaban J connectivity index is 1.64. The maximum atomic E-state index is 13.1. The molecule has 1 aliphatic heterocycles. The number of hydrogen-bond donors (Lipinski definition) is 0. The third-order valence-electron chi connectivity index (χ3n) is 5.18. The Morgan fingerprint density at radius 3 is 2.04 bits per heavy atom. The topological polar surface area (TPSA) is 23.6 Å². The van der Waals surface area contributed by atoms with E-state index in [0.717, 1.165) is 55.9 Å². The maximum Gasteiger partial charge on any atom is 0.250 e. The standard InChI is InChI=1S/C23H28N2O/c1-3-22(19(2)21-12-8-5-9-13-21)23(26)25-16-14-24(15-17-25)18-20-10-6-4-7-11-20/h4-13H,3,14-18H2,1-2H3. The molecule has 1 fully saturated rings. The van der Waals surface area contributed by atoms with E-state index in [2.05, 4.69) is 55.1 Å². The van der Waals surface area contributed by atoms with Gasteiger partial charge in [-0.25, -0.2) is 0 Å². The number of allylic oxidation sites excluding steroid dienone is 1. The molecule has 2 aromatic rings. The maximum absolute atomic E-state index is 13.1. The lowest BCUT2D eigenvalue weighted by molar-refractivity contribution is -0.129. The van der Waals surface area contributed by atoms with E-state index in [1.165, 1.54) is 5.56 Å². The third kappa shape index (κ3) is 4.41. The molecule has 1 heterocycles. The van der Waals surface area contributed by atoms with Crippen LogP contribution in [0.25, 0.3) is 5.57 Å². The minimum atomic E-state index is 0.202. The van der Waals surface area contributed by atoms with Crippen molar-refractivity contribution in [1.29, 1.82) is 0 Å². The molecule has 2 aromatic carbocycles. The normalized spacial score (nSPS) is 16.3. The Morgan fingerprint density at radius 2 is 1.46 bits per heavy atom. The lowest BCUT2D eigenvalue weighted by Gasteiger charge is -2.35. The molecule has 0 unspecified atom stereocenters. The molecule has 0 spiro atoms. The first-order valence-corrected chi connectivity index (χ1v) is 9.49. The highest BCUT2D eigenvalue weighted by Crippen LogP contribution is 2.22. The first-order chi connectivity index (χ1) is 12.7. The quantitative estimate of drug-likeness (QED) is 0.756. The van der Waals surface area contributed by atoms with Crippen LogP contribution in [-0.2, 0) is 11.3 Å². The van der Waals surface area contributed by atoms with Gasteiger partial charge < -0.3 is 4.90 Å². The number of benzene rings is 2. The minimum absolute atomic E-state index is 0.202. The highest BCUT2D eigenvalue weighted by Gasteiger charge is 2.24. The number of hydrogen-bond acceptors (Lipinski definition) is 2.